The Labute approximate surface area is 144 Å². The van der Waals surface area contributed by atoms with Crippen molar-refractivity contribution in [1.82, 2.24) is 4.98 Å². The fourth-order valence-corrected chi connectivity index (χ4v) is 3.75. The number of carbonyl (C=O) groups is 1. The van der Waals surface area contributed by atoms with Crippen molar-refractivity contribution in [1.29, 1.82) is 0 Å². The van der Waals surface area contributed by atoms with Crippen LogP contribution in [0.1, 0.15) is 35.0 Å². The maximum absolute atomic E-state index is 11.9. The van der Waals surface area contributed by atoms with Crippen molar-refractivity contribution in [3.05, 3.63) is 51.3 Å². The predicted octanol–water partition coefficient (Wildman–Crippen LogP) is 5.56. The van der Waals surface area contributed by atoms with Crippen molar-refractivity contribution in [3.8, 4) is 11.1 Å². The Morgan fingerprint density at radius 2 is 2.09 bits per heavy atom. The molecule has 0 fully saturated rings. The van der Waals surface area contributed by atoms with E-state index in [9.17, 15) is 4.79 Å². The Morgan fingerprint density at radius 3 is 2.77 bits per heavy atom. The highest BCUT2D eigenvalue weighted by molar-refractivity contribution is 6.69. The summed E-state index contributed by atoms with van der Waals surface area (Å²) in [6, 6.07) is 7.40. The predicted molar refractivity (Wildman–Crippen MR) is 91.1 cm³/mol. The van der Waals surface area contributed by atoms with Crippen LogP contribution < -0.4 is 0 Å². The van der Waals surface area contributed by atoms with E-state index in [1.807, 2.05) is 18.2 Å². The van der Waals surface area contributed by atoms with Gasteiger partial charge in [0, 0.05) is 16.3 Å². The second-order valence-corrected chi connectivity index (χ2v) is 6.85. The van der Waals surface area contributed by atoms with Gasteiger partial charge in [-0.1, -0.05) is 42.3 Å². The van der Waals surface area contributed by atoms with Gasteiger partial charge in [-0.3, -0.25) is 4.79 Å². The fraction of sp³-hybridized carbons (Fsp3) is 0.294. The van der Waals surface area contributed by atoms with Crippen LogP contribution >= 0.6 is 34.8 Å². The van der Waals surface area contributed by atoms with Crippen molar-refractivity contribution < 1.29 is 4.79 Å². The van der Waals surface area contributed by atoms with Gasteiger partial charge in [0.2, 0.25) is 0 Å². The maximum atomic E-state index is 11.9. The van der Waals surface area contributed by atoms with E-state index in [1.165, 1.54) is 0 Å². The number of rotatable bonds is 2. The molecule has 1 atom stereocenters. The number of nitrogens with zero attached hydrogens (tertiary/aromatic N) is 1. The highest BCUT2D eigenvalue weighted by Crippen LogP contribution is 2.39. The smallest absolute Gasteiger partial charge is 0.256 e. The van der Waals surface area contributed by atoms with Gasteiger partial charge < -0.3 is 0 Å². The van der Waals surface area contributed by atoms with E-state index >= 15 is 0 Å². The van der Waals surface area contributed by atoms with Gasteiger partial charge in [0.25, 0.3) is 5.24 Å². The van der Waals surface area contributed by atoms with Crippen LogP contribution in [0.2, 0.25) is 10.2 Å². The molecule has 0 saturated heterocycles. The van der Waals surface area contributed by atoms with E-state index in [-0.39, 0.29) is 10.7 Å². The lowest BCUT2D eigenvalue weighted by atomic mass is 9.82. The molecule has 3 rings (SSSR count). The van der Waals surface area contributed by atoms with Crippen molar-refractivity contribution in [2.45, 2.75) is 26.2 Å². The highest BCUT2D eigenvalue weighted by Gasteiger charge is 2.27. The first-order valence-electron chi connectivity index (χ1n) is 7.14. The zero-order chi connectivity index (χ0) is 15.9. The summed E-state index contributed by atoms with van der Waals surface area (Å²) in [5, 5.41) is 0.188. The average molecular weight is 355 g/mol. The van der Waals surface area contributed by atoms with Crippen LogP contribution in [0.5, 0.6) is 0 Å². The average Bonchev–Trinajstić information content (AvgIpc) is 2.46. The van der Waals surface area contributed by atoms with Crippen LogP contribution in [-0.4, -0.2) is 10.2 Å². The summed E-state index contributed by atoms with van der Waals surface area (Å²) in [6.45, 7) is 2.20. The first kappa shape index (κ1) is 15.8. The third-order valence-corrected chi connectivity index (χ3v) is 4.77. The first-order chi connectivity index (χ1) is 10.5. The van der Waals surface area contributed by atoms with Crippen molar-refractivity contribution in [3.63, 3.8) is 0 Å². The molecule has 0 saturated carbocycles. The Kier molecular flexibility index (Phi) is 4.44. The summed E-state index contributed by atoms with van der Waals surface area (Å²) >= 11 is 18.1. The second kappa shape index (κ2) is 6.19. The molecule has 0 bridgehead atoms. The molecule has 0 radical (unpaired) electrons. The molecule has 1 aliphatic rings. The number of halogens is 3. The largest absolute Gasteiger partial charge is 0.275 e. The molecule has 0 N–H and O–H groups in total. The molecule has 114 valence electrons. The zero-order valence-electron chi connectivity index (χ0n) is 12.0. The number of hydrogen-bond acceptors (Lipinski definition) is 2. The van der Waals surface area contributed by atoms with E-state index in [2.05, 4.69) is 11.9 Å². The third kappa shape index (κ3) is 2.88. The van der Waals surface area contributed by atoms with Crippen LogP contribution in [0.15, 0.2) is 24.3 Å². The first-order valence-corrected chi connectivity index (χ1v) is 8.27. The molecule has 2 nitrogen and oxygen atoms in total. The third-order valence-electron chi connectivity index (χ3n) is 4.08. The molecule has 2 aromatic rings. The van der Waals surface area contributed by atoms with E-state index in [0.29, 0.717) is 10.9 Å². The standard InChI is InChI=1S/C17H14Cl3NO/c1-9-5-6-13-12(7-9)14(10-3-2-4-11(18)8-10)15(17(20)22)16(19)21-13/h2-4,8-9H,5-7H2,1H3. The molecule has 1 unspecified atom stereocenters. The number of hydrogen-bond donors (Lipinski definition) is 0. The van der Waals surface area contributed by atoms with Gasteiger partial charge in [-0.05, 0) is 60.0 Å². The maximum Gasteiger partial charge on any atom is 0.256 e. The molecular formula is C17H14Cl3NO. The van der Waals surface area contributed by atoms with E-state index in [1.54, 1.807) is 6.07 Å². The molecule has 1 aromatic carbocycles. The summed E-state index contributed by atoms with van der Waals surface area (Å²) in [4.78, 5) is 16.3. The Balaban J connectivity index is 2.34. The van der Waals surface area contributed by atoms with Gasteiger partial charge in [0.15, 0.2) is 0 Å². The quantitative estimate of drug-likeness (QED) is 0.522. The molecule has 1 aliphatic carbocycles. The van der Waals surface area contributed by atoms with Gasteiger partial charge in [0.05, 0.1) is 5.56 Å². The highest BCUT2D eigenvalue weighted by atomic mass is 35.5. The molecule has 0 aliphatic heterocycles. The number of aryl methyl sites for hydroxylation is 1. The topological polar surface area (TPSA) is 30.0 Å². The molecule has 1 aromatic heterocycles. The monoisotopic (exact) mass is 353 g/mol. The number of fused-ring (bicyclic) bond motifs is 1. The lowest BCUT2D eigenvalue weighted by molar-refractivity contribution is 0.108. The number of pyridine rings is 1. The molecular weight excluding hydrogens is 341 g/mol. The van der Waals surface area contributed by atoms with Crippen LogP contribution in [0, 0.1) is 5.92 Å². The van der Waals surface area contributed by atoms with E-state index in [0.717, 1.165) is 41.6 Å². The van der Waals surface area contributed by atoms with E-state index < -0.39 is 5.24 Å². The van der Waals surface area contributed by atoms with Gasteiger partial charge in [-0.25, -0.2) is 4.98 Å². The Hall–Kier alpha value is -1.09. The Bertz CT molecular complexity index is 758. The number of carbonyl (C=O) groups excluding carboxylic acids is 1. The summed E-state index contributed by atoms with van der Waals surface area (Å²) in [5.41, 5.74) is 3.93. The number of benzene rings is 1. The number of aromatic nitrogens is 1. The van der Waals surface area contributed by atoms with Gasteiger partial charge in [-0.2, -0.15) is 0 Å². The van der Waals surface area contributed by atoms with Gasteiger partial charge in [-0.15, -0.1) is 0 Å². The van der Waals surface area contributed by atoms with Crippen molar-refractivity contribution >= 4 is 40.0 Å². The molecule has 0 amide bonds. The van der Waals surface area contributed by atoms with Crippen molar-refractivity contribution in [2.75, 3.05) is 0 Å². The van der Waals surface area contributed by atoms with Crippen molar-refractivity contribution in [2.24, 2.45) is 5.92 Å². The minimum absolute atomic E-state index is 0.170. The van der Waals surface area contributed by atoms with Crippen LogP contribution in [0.25, 0.3) is 11.1 Å². The van der Waals surface area contributed by atoms with Crippen LogP contribution in [-0.2, 0) is 12.8 Å². The van der Waals surface area contributed by atoms with Gasteiger partial charge in [0.1, 0.15) is 5.15 Å². The zero-order valence-corrected chi connectivity index (χ0v) is 14.3. The second-order valence-electron chi connectivity index (χ2n) is 5.71. The fourth-order valence-electron chi connectivity index (χ4n) is 3.04. The molecule has 5 heteroatoms. The molecule has 1 heterocycles. The summed E-state index contributed by atoms with van der Waals surface area (Å²) in [7, 11) is 0. The summed E-state index contributed by atoms with van der Waals surface area (Å²) in [6.07, 6.45) is 2.79. The molecule has 22 heavy (non-hydrogen) atoms. The SMILES string of the molecule is CC1CCc2nc(Cl)c(C(=O)Cl)c(-c3cccc(Cl)c3)c2C1. The van der Waals surface area contributed by atoms with Crippen LogP contribution in [0.4, 0.5) is 0 Å². The lowest BCUT2D eigenvalue weighted by Crippen LogP contribution is -2.16. The normalized spacial score (nSPS) is 17.2. The van der Waals surface area contributed by atoms with Crippen LogP contribution in [0.3, 0.4) is 0 Å². The Morgan fingerprint density at radius 1 is 1.32 bits per heavy atom. The summed E-state index contributed by atoms with van der Waals surface area (Å²) in [5.74, 6) is 0.534. The summed E-state index contributed by atoms with van der Waals surface area (Å²) < 4.78 is 0. The minimum Gasteiger partial charge on any atom is -0.275 e. The minimum atomic E-state index is -0.589. The lowest BCUT2D eigenvalue weighted by Gasteiger charge is -2.25. The van der Waals surface area contributed by atoms with E-state index in [4.69, 9.17) is 34.8 Å². The molecule has 0 spiro atoms. The van der Waals surface area contributed by atoms with Gasteiger partial charge >= 0.3 is 0 Å².